The topological polar surface area (TPSA) is 68.0 Å². The van der Waals surface area contributed by atoms with Gasteiger partial charge in [-0.3, -0.25) is 14.6 Å². The minimum atomic E-state index is -0.315. The third-order valence-electron chi connectivity index (χ3n) is 4.00. The summed E-state index contributed by atoms with van der Waals surface area (Å²) in [6.07, 6.45) is 0. The average Bonchev–Trinajstić information content (AvgIpc) is 2.62. The van der Waals surface area contributed by atoms with Crippen LogP contribution in [0.1, 0.15) is 19.4 Å². The number of rotatable bonds is 6. The second kappa shape index (κ2) is 11.0. The Balaban J connectivity index is 0.00000139. The summed E-state index contributed by atoms with van der Waals surface area (Å²) in [5, 5.41) is 0. The molecule has 0 aromatic heterocycles. The normalized spacial score (nSPS) is 16.8. The van der Waals surface area contributed by atoms with E-state index in [2.05, 4.69) is 15.9 Å². The van der Waals surface area contributed by atoms with Gasteiger partial charge in [0, 0.05) is 45.5 Å². The van der Waals surface area contributed by atoms with Gasteiger partial charge in [-0.05, 0) is 17.7 Å². The average molecular weight is 337 g/mol. The predicted octanol–water partition coefficient (Wildman–Crippen LogP) is 1.60. The highest BCUT2D eigenvalue weighted by Crippen LogP contribution is 2.13. The third-order valence-corrected chi connectivity index (χ3v) is 4.00. The quantitative estimate of drug-likeness (QED) is 0.628. The fourth-order valence-corrected chi connectivity index (χ4v) is 2.80. The molecule has 1 heterocycles. The first-order valence-corrected chi connectivity index (χ1v) is 8.51. The van der Waals surface area contributed by atoms with Gasteiger partial charge >= 0.3 is 5.97 Å². The maximum Gasteiger partial charge on any atom is 0.325 e. The smallest absolute Gasteiger partial charge is 0.325 e. The lowest BCUT2D eigenvalue weighted by Gasteiger charge is -2.37. The monoisotopic (exact) mass is 337 g/mol. The number of ether oxygens (including phenoxy) is 2. The molecular formula is C18H31N3O3. The summed E-state index contributed by atoms with van der Waals surface area (Å²) in [5.74, 6) is -0.230. The lowest BCUT2D eigenvalue weighted by Crippen LogP contribution is -2.54. The van der Waals surface area contributed by atoms with Crippen molar-refractivity contribution in [3.63, 3.8) is 0 Å². The van der Waals surface area contributed by atoms with Crippen molar-refractivity contribution >= 4 is 11.7 Å². The molecule has 1 aliphatic rings. The molecule has 6 heteroatoms. The number of carbonyl (C=O) groups is 1. The van der Waals surface area contributed by atoms with Crippen LogP contribution in [-0.2, 0) is 20.8 Å². The Morgan fingerprint density at radius 2 is 1.88 bits per heavy atom. The summed E-state index contributed by atoms with van der Waals surface area (Å²) < 4.78 is 10.0. The van der Waals surface area contributed by atoms with E-state index in [0.29, 0.717) is 6.61 Å². The molecular weight excluding hydrogens is 306 g/mol. The number of carbonyl (C=O) groups excluding carboxylic acids is 1. The fourth-order valence-electron chi connectivity index (χ4n) is 2.80. The van der Waals surface area contributed by atoms with E-state index in [4.69, 9.17) is 15.2 Å². The number of benzene rings is 1. The number of hydrogen-bond donors (Lipinski definition) is 1. The summed E-state index contributed by atoms with van der Waals surface area (Å²) in [7, 11) is 3.02. The van der Waals surface area contributed by atoms with Crippen molar-refractivity contribution in [3.05, 3.63) is 29.8 Å². The van der Waals surface area contributed by atoms with Crippen molar-refractivity contribution in [3.8, 4) is 0 Å². The highest BCUT2D eigenvalue weighted by Gasteiger charge is 2.29. The van der Waals surface area contributed by atoms with Gasteiger partial charge < -0.3 is 15.2 Å². The molecule has 1 aromatic carbocycles. The molecule has 0 aliphatic carbocycles. The summed E-state index contributed by atoms with van der Waals surface area (Å²) in [6, 6.07) is 7.66. The SMILES string of the molecule is CC.COCC(C(=O)OC)N1CCN(Cc2cccc(N)c2)CC1. The predicted molar refractivity (Wildman–Crippen MR) is 96.7 cm³/mol. The molecule has 2 rings (SSSR count). The van der Waals surface area contributed by atoms with Crippen LogP contribution in [0.4, 0.5) is 5.69 Å². The van der Waals surface area contributed by atoms with Gasteiger partial charge in [0.2, 0.25) is 0 Å². The molecule has 136 valence electrons. The van der Waals surface area contributed by atoms with Gasteiger partial charge in [-0.2, -0.15) is 0 Å². The molecule has 1 fully saturated rings. The molecule has 1 saturated heterocycles. The number of piperazine rings is 1. The van der Waals surface area contributed by atoms with Crippen LogP contribution in [0.3, 0.4) is 0 Å². The van der Waals surface area contributed by atoms with Crippen LogP contribution in [0.2, 0.25) is 0 Å². The second-order valence-corrected chi connectivity index (χ2v) is 5.55. The largest absolute Gasteiger partial charge is 0.468 e. The zero-order valence-corrected chi connectivity index (χ0v) is 15.3. The van der Waals surface area contributed by atoms with Crippen LogP contribution in [-0.4, -0.2) is 68.8 Å². The molecule has 0 bridgehead atoms. The van der Waals surface area contributed by atoms with E-state index in [1.165, 1.54) is 12.7 Å². The van der Waals surface area contributed by atoms with Gasteiger partial charge in [0.25, 0.3) is 0 Å². The number of hydrogen-bond acceptors (Lipinski definition) is 6. The number of anilines is 1. The van der Waals surface area contributed by atoms with E-state index in [9.17, 15) is 4.79 Å². The Bertz CT molecular complexity index is 488. The van der Waals surface area contributed by atoms with E-state index >= 15 is 0 Å². The second-order valence-electron chi connectivity index (χ2n) is 5.55. The fraction of sp³-hybridized carbons (Fsp3) is 0.611. The number of nitrogen functional groups attached to an aromatic ring is 1. The van der Waals surface area contributed by atoms with Crippen LogP contribution in [0.25, 0.3) is 0 Å². The number of nitrogens with zero attached hydrogens (tertiary/aromatic N) is 2. The molecule has 1 aliphatic heterocycles. The highest BCUT2D eigenvalue weighted by molar-refractivity contribution is 5.75. The molecule has 2 N–H and O–H groups in total. The van der Waals surface area contributed by atoms with Gasteiger partial charge in [-0.25, -0.2) is 0 Å². The molecule has 1 atom stereocenters. The molecule has 0 amide bonds. The van der Waals surface area contributed by atoms with Gasteiger partial charge in [0.05, 0.1) is 13.7 Å². The molecule has 1 unspecified atom stereocenters. The lowest BCUT2D eigenvalue weighted by atomic mass is 10.1. The van der Waals surface area contributed by atoms with Crippen molar-refractivity contribution in [2.24, 2.45) is 0 Å². The van der Waals surface area contributed by atoms with Crippen molar-refractivity contribution < 1.29 is 14.3 Å². The summed E-state index contributed by atoms with van der Waals surface area (Å²) in [5.41, 5.74) is 7.83. The zero-order chi connectivity index (χ0) is 17.9. The molecule has 0 spiro atoms. The summed E-state index contributed by atoms with van der Waals surface area (Å²) in [4.78, 5) is 16.3. The summed E-state index contributed by atoms with van der Waals surface area (Å²) in [6.45, 7) is 8.71. The first-order valence-electron chi connectivity index (χ1n) is 8.51. The highest BCUT2D eigenvalue weighted by atomic mass is 16.5. The Hall–Kier alpha value is -1.63. The Kier molecular flexibility index (Phi) is 9.37. The number of methoxy groups -OCH3 is 2. The Morgan fingerprint density at radius 3 is 2.42 bits per heavy atom. The first kappa shape index (κ1) is 20.4. The summed E-state index contributed by atoms with van der Waals surface area (Å²) >= 11 is 0. The molecule has 0 saturated carbocycles. The van der Waals surface area contributed by atoms with Crippen molar-refractivity contribution in [1.82, 2.24) is 9.80 Å². The molecule has 24 heavy (non-hydrogen) atoms. The minimum absolute atomic E-state index is 0.230. The van der Waals surface area contributed by atoms with Gasteiger partial charge in [-0.15, -0.1) is 0 Å². The van der Waals surface area contributed by atoms with E-state index in [1.54, 1.807) is 7.11 Å². The van der Waals surface area contributed by atoms with Crippen LogP contribution < -0.4 is 5.73 Å². The van der Waals surface area contributed by atoms with Gasteiger partial charge in [0.1, 0.15) is 6.04 Å². The van der Waals surface area contributed by atoms with E-state index < -0.39 is 0 Å². The molecule has 0 radical (unpaired) electrons. The zero-order valence-electron chi connectivity index (χ0n) is 15.3. The van der Waals surface area contributed by atoms with E-state index in [0.717, 1.165) is 38.4 Å². The maximum atomic E-state index is 11.8. The first-order chi connectivity index (χ1) is 11.6. The van der Waals surface area contributed by atoms with Crippen LogP contribution >= 0.6 is 0 Å². The molecule has 1 aromatic rings. The number of nitrogens with two attached hydrogens (primary N) is 1. The lowest BCUT2D eigenvalue weighted by molar-refractivity contribution is -0.150. The maximum absolute atomic E-state index is 11.8. The third kappa shape index (κ3) is 6.11. The van der Waals surface area contributed by atoms with Crippen LogP contribution in [0.5, 0.6) is 0 Å². The van der Waals surface area contributed by atoms with Crippen LogP contribution in [0.15, 0.2) is 24.3 Å². The van der Waals surface area contributed by atoms with E-state index in [1.807, 2.05) is 32.0 Å². The van der Waals surface area contributed by atoms with Gasteiger partial charge in [0.15, 0.2) is 0 Å². The van der Waals surface area contributed by atoms with Crippen molar-refractivity contribution in [2.45, 2.75) is 26.4 Å². The van der Waals surface area contributed by atoms with Crippen LogP contribution in [0, 0.1) is 0 Å². The Morgan fingerprint density at radius 1 is 1.21 bits per heavy atom. The standard InChI is InChI=1S/C16H25N3O3.C2H6/c1-21-12-15(16(20)22-2)19-8-6-18(7-9-19)11-13-4-3-5-14(17)10-13;1-2/h3-5,10,15H,6-9,11-12,17H2,1-2H3;1-2H3. The van der Waals surface area contributed by atoms with Gasteiger partial charge in [-0.1, -0.05) is 26.0 Å². The molecule has 6 nitrogen and oxygen atoms in total. The van der Waals surface area contributed by atoms with E-state index in [-0.39, 0.29) is 12.0 Å². The number of esters is 1. The minimum Gasteiger partial charge on any atom is -0.468 e. The van der Waals surface area contributed by atoms with Crippen molar-refractivity contribution in [1.29, 1.82) is 0 Å². The Labute approximate surface area is 145 Å². The van der Waals surface area contributed by atoms with Crippen molar-refractivity contribution in [2.75, 3.05) is 52.7 Å².